The van der Waals surface area contributed by atoms with Gasteiger partial charge in [-0.05, 0) is 37.5 Å². The highest BCUT2D eigenvalue weighted by Gasteiger charge is 2.08. The van der Waals surface area contributed by atoms with E-state index in [0.717, 1.165) is 35.3 Å². The van der Waals surface area contributed by atoms with Crippen LogP contribution >= 0.6 is 11.6 Å². The molecule has 0 spiro atoms. The van der Waals surface area contributed by atoms with Crippen molar-refractivity contribution < 1.29 is 4.73 Å². The lowest BCUT2D eigenvalue weighted by Gasteiger charge is -2.07. The van der Waals surface area contributed by atoms with Crippen LogP contribution in [0.1, 0.15) is 35.4 Å². The summed E-state index contributed by atoms with van der Waals surface area (Å²) in [5, 5.41) is 15.5. The first kappa shape index (κ1) is 19.8. The van der Waals surface area contributed by atoms with E-state index in [0.29, 0.717) is 35.2 Å². The number of aromatic nitrogens is 4. The summed E-state index contributed by atoms with van der Waals surface area (Å²) in [5.41, 5.74) is 2.58. The summed E-state index contributed by atoms with van der Waals surface area (Å²) in [4.78, 5) is 23.5. The number of hydrogen-bond donors (Lipinski definition) is 2. The van der Waals surface area contributed by atoms with Gasteiger partial charge in [0.05, 0.1) is 10.7 Å². The number of nitrogens with zero attached hydrogens (tertiary/aromatic N) is 3. The van der Waals surface area contributed by atoms with Gasteiger partial charge in [-0.1, -0.05) is 11.6 Å². The third-order valence-corrected chi connectivity index (χ3v) is 4.75. The van der Waals surface area contributed by atoms with Gasteiger partial charge in [0, 0.05) is 49.5 Å². The predicted molar refractivity (Wildman–Crippen MR) is 108 cm³/mol. The van der Waals surface area contributed by atoms with Gasteiger partial charge in [0.2, 0.25) is 5.95 Å². The number of rotatable bonds is 8. The number of H-pyrrole nitrogens is 1. The first-order chi connectivity index (χ1) is 13.5. The van der Waals surface area contributed by atoms with Crippen molar-refractivity contribution in [3.63, 3.8) is 0 Å². The second-order valence-electron chi connectivity index (χ2n) is 6.58. The van der Waals surface area contributed by atoms with E-state index in [2.05, 4.69) is 20.3 Å². The van der Waals surface area contributed by atoms with Gasteiger partial charge in [-0.3, -0.25) is 14.8 Å². The minimum Gasteiger partial charge on any atom is -0.619 e. The second-order valence-corrected chi connectivity index (χ2v) is 6.99. The highest BCUT2D eigenvalue weighted by molar-refractivity contribution is 6.31. The Bertz CT molecular complexity index is 1010. The van der Waals surface area contributed by atoms with Gasteiger partial charge in [0.15, 0.2) is 11.9 Å². The fourth-order valence-corrected chi connectivity index (χ4v) is 3.00. The molecule has 0 atom stereocenters. The fraction of sp³-hybridized carbons (Fsp3) is 0.300. The van der Waals surface area contributed by atoms with E-state index < -0.39 is 0 Å². The van der Waals surface area contributed by atoms with Gasteiger partial charge >= 0.3 is 0 Å². The molecule has 0 bridgehead atoms. The quantitative estimate of drug-likeness (QED) is 0.345. The summed E-state index contributed by atoms with van der Waals surface area (Å²) < 4.78 is 0.797. The Morgan fingerprint density at radius 1 is 1.25 bits per heavy atom. The van der Waals surface area contributed by atoms with Crippen LogP contribution in [-0.4, -0.2) is 21.5 Å². The molecule has 3 heterocycles. The Hall–Kier alpha value is -2.93. The second kappa shape index (κ2) is 9.32. The van der Waals surface area contributed by atoms with E-state index in [1.165, 1.54) is 6.20 Å². The Balaban J connectivity index is 1.49. The van der Waals surface area contributed by atoms with E-state index in [4.69, 9.17) is 11.6 Å². The smallest absolute Gasteiger partial charge is 0.255 e. The third-order valence-electron chi connectivity index (χ3n) is 4.40. The van der Waals surface area contributed by atoms with E-state index in [9.17, 15) is 10.0 Å². The number of aryl methyl sites for hydroxylation is 2. The lowest BCUT2D eigenvalue weighted by atomic mass is 10.1. The van der Waals surface area contributed by atoms with Crippen molar-refractivity contribution >= 4 is 17.5 Å². The van der Waals surface area contributed by atoms with E-state index >= 15 is 0 Å². The maximum Gasteiger partial charge on any atom is 0.255 e. The molecule has 0 aromatic carbocycles. The van der Waals surface area contributed by atoms with Crippen molar-refractivity contribution in [2.45, 2.75) is 32.6 Å². The third kappa shape index (κ3) is 5.29. The van der Waals surface area contributed by atoms with Crippen LogP contribution in [0.5, 0.6) is 0 Å². The number of pyridine rings is 2. The number of hydrogen-bond acceptors (Lipinski definition) is 5. The molecule has 0 fully saturated rings. The SMILES string of the molecule is Cc1ccc(Cc2cnc(NCCCCc3ncccc3Cl)[nH]c2=O)c[n+]1[O-]. The highest BCUT2D eigenvalue weighted by Crippen LogP contribution is 2.14. The van der Waals surface area contributed by atoms with Crippen LogP contribution in [0.4, 0.5) is 5.95 Å². The zero-order chi connectivity index (χ0) is 19.9. The average molecular weight is 400 g/mol. The molecule has 2 N–H and O–H groups in total. The summed E-state index contributed by atoms with van der Waals surface area (Å²) >= 11 is 6.09. The van der Waals surface area contributed by atoms with Crippen LogP contribution in [0.3, 0.4) is 0 Å². The van der Waals surface area contributed by atoms with Gasteiger partial charge < -0.3 is 10.5 Å². The van der Waals surface area contributed by atoms with Crippen molar-refractivity contribution in [1.82, 2.24) is 15.0 Å². The maximum absolute atomic E-state index is 12.3. The molecule has 3 rings (SSSR count). The van der Waals surface area contributed by atoms with Crippen LogP contribution in [0.2, 0.25) is 5.02 Å². The predicted octanol–water partition coefficient (Wildman–Crippen LogP) is 2.79. The van der Waals surface area contributed by atoms with Gasteiger partial charge in [-0.15, -0.1) is 0 Å². The first-order valence-electron chi connectivity index (χ1n) is 9.13. The van der Waals surface area contributed by atoms with E-state index in [-0.39, 0.29) is 5.56 Å². The molecule has 7 nitrogen and oxygen atoms in total. The molecule has 28 heavy (non-hydrogen) atoms. The average Bonchev–Trinajstić information content (AvgIpc) is 2.68. The van der Waals surface area contributed by atoms with Gasteiger partial charge in [0.1, 0.15) is 0 Å². The fourth-order valence-electron chi connectivity index (χ4n) is 2.78. The molecule has 0 aliphatic carbocycles. The lowest BCUT2D eigenvalue weighted by Crippen LogP contribution is -2.30. The topological polar surface area (TPSA) is 97.6 Å². The first-order valence-corrected chi connectivity index (χ1v) is 9.51. The van der Waals surface area contributed by atoms with Crippen LogP contribution in [0, 0.1) is 12.1 Å². The lowest BCUT2D eigenvalue weighted by molar-refractivity contribution is -0.612. The summed E-state index contributed by atoms with van der Waals surface area (Å²) in [5.74, 6) is 0.437. The number of anilines is 1. The van der Waals surface area contributed by atoms with Crippen LogP contribution in [0.15, 0.2) is 47.7 Å². The normalized spacial score (nSPS) is 10.8. The minimum atomic E-state index is -0.212. The number of halogens is 1. The van der Waals surface area contributed by atoms with Gasteiger partial charge in [-0.25, -0.2) is 4.98 Å². The molecule has 0 radical (unpaired) electrons. The van der Waals surface area contributed by atoms with Crippen molar-refractivity contribution in [2.75, 3.05) is 11.9 Å². The summed E-state index contributed by atoms with van der Waals surface area (Å²) in [6.45, 7) is 2.41. The van der Waals surface area contributed by atoms with Crippen molar-refractivity contribution in [1.29, 1.82) is 0 Å². The summed E-state index contributed by atoms with van der Waals surface area (Å²) in [7, 11) is 0. The van der Waals surface area contributed by atoms with E-state index in [1.54, 1.807) is 25.4 Å². The van der Waals surface area contributed by atoms with Crippen LogP contribution in [-0.2, 0) is 12.8 Å². The Labute approximate surface area is 168 Å². The molecule has 3 aromatic rings. The number of aromatic amines is 1. The Kier molecular flexibility index (Phi) is 6.60. The molecule has 146 valence electrons. The van der Waals surface area contributed by atoms with Crippen LogP contribution in [0.25, 0.3) is 0 Å². The molecule has 0 aliphatic heterocycles. The number of nitrogens with one attached hydrogen (secondary N) is 2. The molecule has 0 saturated carbocycles. The standard InChI is InChI=1S/C20H22ClN5O2/c1-14-7-8-15(13-26(14)28)11-16-12-24-20(25-19(16)27)23-9-3-2-6-18-17(21)5-4-10-22-18/h4-5,7-8,10,12-13H,2-3,6,9,11H2,1H3,(H2,23,24,25,27). The molecule has 3 aromatic heterocycles. The summed E-state index contributed by atoms with van der Waals surface area (Å²) in [6, 6.07) is 7.23. The highest BCUT2D eigenvalue weighted by atomic mass is 35.5. The molecule has 0 aliphatic rings. The van der Waals surface area contributed by atoms with Gasteiger partial charge in [-0.2, -0.15) is 4.73 Å². The Morgan fingerprint density at radius 2 is 2.11 bits per heavy atom. The van der Waals surface area contributed by atoms with Crippen molar-refractivity contribution in [2.24, 2.45) is 0 Å². The Morgan fingerprint density at radius 3 is 2.86 bits per heavy atom. The summed E-state index contributed by atoms with van der Waals surface area (Å²) in [6.07, 6.45) is 7.75. The maximum atomic E-state index is 12.3. The van der Waals surface area contributed by atoms with Crippen molar-refractivity contribution in [3.8, 4) is 0 Å². The molecular formula is C20H22ClN5O2. The van der Waals surface area contributed by atoms with E-state index in [1.807, 2.05) is 18.2 Å². The van der Waals surface area contributed by atoms with Crippen LogP contribution < -0.4 is 15.6 Å². The minimum absolute atomic E-state index is 0.212. The molecule has 0 saturated heterocycles. The zero-order valence-electron chi connectivity index (χ0n) is 15.6. The largest absolute Gasteiger partial charge is 0.619 e. The molecule has 8 heteroatoms. The zero-order valence-corrected chi connectivity index (χ0v) is 16.4. The monoisotopic (exact) mass is 399 g/mol. The number of unbranched alkanes of at least 4 members (excludes halogenated alkanes) is 1. The molecular weight excluding hydrogens is 378 g/mol. The van der Waals surface area contributed by atoms with Gasteiger partial charge in [0.25, 0.3) is 5.56 Å². The molecule has 0 amide bonds. The molecule has 0 unspecified atom stereocenters. The van der Waals surface area contributed by atoms with Crippen molar-refractivity contribution in [3.05, 3.63) is 86.0 Å².